The number of aromatic nitrogens is 2. The number of imidazole rings is 1. The highest BCUT2D eigenvalue weighted by Crippen LogP contribution is 2.29. The summed E-state index contributed by atoms with van der Waals surface area (Å²) in [5, 5.41) is 29.0. The molecule has 2 rings (SSSR count). The van der Waals surface area contributed by atoms with Crippen LogP contribution in [0.1, 0.15) is 38.2 Å². The zero-order valence-corrected chi connectivity index (χ0v) is 12.4. The fourth-order valence-electron chi connectivity index (χ4n) is 2.22. The van der Waals surface area contributed by atoms with Crippen molar-refractivity contribution in [3.8, 4) is 0 Å². The summed E-state index contributed by atoms with van der Waals surface area (Å²) in [4.78, 5) is 15.1. The van der Waals surface area contributed by atoms with Gasteiger partial charge >= 0.3 is 5.97 Å². The molecule has 0 saturated carbocycles. The second-order valence-electron chi connectivity index (χ2n) is 4.96. The first kappa shape index (κ1) is 15.8. The summed E-state index contributed by atoms with van der Waals surface area (Å²) in [5.41, 5.74) is 1.29. The maximum absolute atomic E-state index is 10.9. The molecule has 1 aromatic carbocycles. The lowest BCUT2D eigenvalue weighted by molar-refractivity contribution is -0.153. The largest absolute Gasteiger partial charge is 0.479 e. The molecule has 0 amide bonds. The van der Waals surface area contributed by atoms with Crippen LogP contribution in [0.2, 0.25) is 5.02 Å². The van der Waals surface area contributed by atoms with Gasteiger partial charge in [-0.1, -0.05) is 18.5 Å². The number of fused-ring (bicyclic) bond motifs is 1. The van der Waals surface area contributed by atoms with E-state index in [1.165, 1.54) is 0 Å². The predicted molar refractivity (Wildman–Crippen MR) is 78.3 cm³/mol. The molecular weight excluding hydrogens is 296 g/mol. The van der Waals surface area contributed by atoms with Gasteiger partial charge < -0.3 is 19.9 Å². The van der Waals surface area contributed by atoms with Gasteiger partial charge in [-0.2, -0.15) is 0 Å². The predicted octanol–water partition coefficient (Wildman–Crippen LogP) is 2.14. The molecule has 1 aromatic heterocycles. The van der Waals surface area contributed by atoms with E-state index in [1.54, 1.807) is 22.8 Å². The molecule has 0 aliphatic heterocycles. The lowest BCUT2D eigenvalue weighted by Crippen LogP contribution is -2.30. The van der Waals surface area contributed by atoms with E-state index in [9.17, 15) is 15.0 Å². The lowest BCUT2D eigenvalue weighted by Gasteiger charge is -2.20. The van der Waals surface area contributed by atoms with Crippen molar-refractivity contribution < 1.29 is 20.1 Å². The van der Waals surface area contributed by atoms with E-state index >= 15 is 0 Å². The normalized spacial score (nSPS) is 15.9. The Morgan fingerprint density at radius 3 is 2.67 bits per heavy atom. The first-order valence-corrected chi connectivity index (χ1v) is 7.01. The highest BCUT2D eigenvalue weighted by atomic mass is 35.5. The van der Waals surface area contributed by atoms with Crippen LogP contribution in [0.4, 0.5) is 0 Å². The van der Waals surface area contributed by atoms with Gasteiger partial charge in [0.05, 0.1) is 11.0 Å². The van der Waals surface area contributed by atoms with Crippen molar-refractivity contribution in [2.45, 2.75) is 38.5 Å². The fraction of sp³-hybridized carbons (Fsp3) is 0.429. The molecule has 7 heteroatoms. The first-order chi connectivity index (χ1) is 9.86. The second kappa shape index (κ2) is 6.01. The Hall–Kier alpha value is -1.63. The van der Waals surface area contributed by atoms with E-state index in [0.29, 0.717) is 10.5 Å². The van der Waals surface area contributed by atoms with E-state index in [0.717, 1.165) is 11.9 Å². The number of hydrogen-bond acceptors (Lipinski definition) is 4. The van der Waals surface area contributed by atoms with Crippen LogP contribution in [0.25, 0.3) is 11.0 Å². The van der Waals surface area contributed by atoms with Crippen LogP contribution in [0.3, 0.4) is 0 Å². The lowest BCUT2D eigenvalue weighted by atomic mass is 10.1. The van der Waals surface area contributed by atoms with Crippen LogP contribution < -0.4 is 0 Å². The molecule has 0 saturated heterocycles. The summed E-state index contributed by atoms with van der Waals surface area (Å²) in [7, 11) is 0. The Kier molecular flexibility index (Phi) is 4.51. The summed E-state index contributed by atoms with van der Waals surface area (Å²) >= 11 is 5.93. The van der Waals surface area contributed by atoms with Gasteiger partial charge in [0.1, 0.15) is 11.9 Å². The standard InChI is InChI=1S/C14H17ClN2O4/c1-3-7(2)17-10-5-4-8(15)6-9(10)16-13(17)11(18)12(19)14(20)21/h4-7,11-12,18-19H,3H2,1-2H3,(H,20,21). The third kappa shape index (κ3) is 2.88. The molecule has 1 heterocycles. The van der Waals surface area contributed by atoms with Crippen molar-refractivity contribution in [2.24, 2.45) is 0 Å². The number of carboxylic acids is 1. The maximum atomic E-state index is 10.9. The first-order valence-electron chi connectivity index (χ1n) is 6.63. The van der Waals surface area contributed by atoms with E-state index in [2.05, 4.69) is 4.98 Å². The third-order valence-corrected chi connectivity index (χ3v) is 3.76. The minimum Gasteiger partial charge on any atom is -0.479 e. The van der Waals surface area contributed by atoms with Gasteiger partial charge in [0.25, 0.3) is 0 Å². The van der Waals surface area contributed by atoms with Crippen molar-refractivity contribution in [3.05, 3.63) is 29.0 Å². The van der Waals surface area contributed by atoms with Gasteiger partial charge in [-0.15, -0.1) is 0 Å². The van der Waals surface area contributed by atoms with E-state index in [1.807, 2.05) is 13.8 Å². The van der Waals surface area contributed by atoms with Gasteiger partial charge in [-0.3, -0.25) is 0 Å². The molecule has 3 unspecified atom stereocenters. The van der Waals surface area contributed by atoms with Crippen LogP contribution >= 0.6 is 11.6 Å². The van der Waals surface area contributed by atoms with Crippen molar-refractivity contribution in [1.82, 2.24) is 9.55 Å². The van der Waals surface area contributed by atoms with Crippen LogP contribution in [0.5, 0.6) is 0 Å². The van der Waals surface area contributed by atoms with Crippen molar-refractivity contribution in [3.63, 3.8) is 0 Å². The average molecular weight is 313 g/mol. The monoisotopic (exact) mass is 312 g/mol. The Balaban J connectivity index is 2.63. The number of nitrogens with zero attached hydrogens (tertiary/aromatic N) is 2. The SMILES string of the molecule is CCC(C)n1c(C(O)C(O)C(=O)O)nc2cc(Cl)ccc21. The van der Waals surface area contributed by atoms with E-state index in [4.69, 9.17) is 16.7 Å². The molecule has 2 aromatic rings. The van der Waals surface area contributed by atoms with Gasteiger partial charge in [0, 0.05) is 11.1 Å². The molecule has 0 bridgehead atoms. The smallest absolute Gasteiger partial charge is 0.335 e. The summed E-state index contributed by atoms with van der Waals surface area (Å²) < 4.78 is 1.74. The highest BCUT2D eigenvalue weighted by molar-refractivity contribution is 6.31. The quantitative estimate of drug-likeness (QED) is 0.786. The van der Waals surface area contributed by atoms with Gasteiger partial charge in [0.2, 0.25) is 0 Å². The fourth-order valence-corrected chi connectivity index (χ4v) is 2.39. The number of carbonyl (C=O) groups is 1. The maximum Gasteiger partial charge on any atom is 0.335 e. The molecule has 21 heavy (non-hydrogen) atoms. The Bertz CT molecular complexity index is 670. The molecule has 6 nitrogen and oxygen atoms in total. The van der Waals surface area contributed by atoms with Crippen LogP contribution in [-0.2, 0) is 4.79 Å². The molecule has 0 spiro atoms. The Morgan fingerprint density at radius 1 is 1.43 bits per heavy atom. The summed E-state index contributed by atoms with van der Waals surface area (Å²) in [6.07, 6.45) is -2.78. The number of carboxylic acid groups (broad SMARTS) is 1. The van der Waals surface area contributed by atoms with Crippen molar-refractivity contribution in [1.29, 1.82) is 0 Å². The van der Waals surface area contributed by atoms with Crippen molar-refractivity contribution >= 4 is 28.6 Å². The number of rotatable bonds is 5. The number of aliphatic carboxylic acids is 1. The number of hydrogen-bond donors (Lipinski definition) is 3. The number of aliphatic hydroxyl groups excluding tert-OH is 2. The highest BCUT2D eigenvalue weighted by Gasteiger charge is 2.31. The number of benzene rings is 1. The zero-order valence-electron chi connectivity index (χ0n) is 11.7. The molecule has 0 aliphatic carbocycles. The molecule has 0 fully saturated rings. The molecule has 0 aliphatic rings. The molecule has 3 atom stereocenters. The Labute approximate surface area is 126 Å². The second-order valence-corrected chi connectivity index (χ2v) is 5.39. The van der Waals surface area contributed by atoms with Gasteiger partial charge in [-0.05, 0) is 31.5 Å². The van der Waals surface area contributed by atoms with Crippen LogP contribution in [-0.4, -0.2) is 36.9 Å². The molecule has 3 N–H and O–H groups in total. The Morgan fingerprint density at radius 2 is 2.10 bits per heavy atom. The van der Waals surface area contributed by atoms with Gasteiger partial charge in [-0.25, -0.2) is 9.78 Å². The molecular formula is C14H17ClN2O4. The van der Waals surface area contributed by atoms with E-state index in [-0.39, 0.29) is 11.9 Å². The third-order valence-electron chi connectivity index (χ3n) is 3.53. The van der Waals surface area contributed by atoms with Crippen LogP contribution in [0.15, 0.2) is 18.2 Å². The number of aliphatic hydroxyl groups is 2. The van der Waals surface area contributed by atoms with Gasteiger partial charge in [0.15, 0.2) is 6.10 Å². The topological polar surface area (TPSA) is 95.6 Å². The summed E-state index contributed by atoms with van der Waals surface area (Å²) in [6.45, 7) is 3.90. The molecule has 0 radical (unpaired) electrons. The zero-order chi connectivity index (χ0) is 15.7. The van der Waals surface area contributed by atoms with Crippen molar-refractivity contribution in [2.75, 3.05) is 0 Å². The minimum absolute atomic E-state index is 0.0122. The summed E-state index contributed by atoms with van der Waals surface area (Å²) in [5.74, 6) is -1.38. The minimum atomic E-state index is -1.93. The number of halogens is 1. The van der Waals surface area contributed by atoms with E-state index < -0.39 is 18.2 Å². The summed E-state index contributed by atoms with van der Waals surface area (Å²) in [6, 6.07) is 5.09. The molecule has 114 valence electrons. The average Bonchev–Trinajstić information content (AvgIpc) is 2.82. The van der Waals surface area contributed by atoms with Crippen LogP contribution in [0, 0.1) is 0 Å².